The van der Waals surface area contributed by atoms with E-state index in [-0.39, 0.29) is 0 Å². The number of aromatic nitrogens is 2. The number of methoxy groups -OCH3 is 1. The van der Waals surface area contributed by atoms with E-state index in [1.54, 1.807) is 13.2 Å². The van der Waals surface area contributed by atoms with Gasteiger partial charge in [-0.25, -0.2) is 9.97 Å². The van der Waals surface area contributed by atoms with E-state index in [1.807, 2.05) is 19.1 Å². The van der Waals surface area contributed by atoms with Crippen LogP contribution in [0.4, 0.5) is 5.82 Å². The molecule has 21 heavy (non-hydrogen) atoms. The Kier molecular flexibility index (Phi) is 5.81. The first-order chi connectivity index (χ1) is 10.1. The summed E-state index contributed by atoms with van der Waals surface area (Å²) in [5.41, 5.74) is 1.43. The summed E-state index contributed by atoms with van der Waals surface area (Å²) in [5, 5.41) is 4.10. The number of rotatable bonds is 5. The van der Waals surface area contributed by atoms with Crippen LogP contribution in [0.5, 0.6) is 0 Å². The molecular weight excluding hydrogens is 377 g/mol. The Hall–Kier alpha value is -0.880. The number of nitrogens with zero attached hydrogens (tertiary/aromatic N) is 2. The zero-order valence-electron chi connectivity index (χ0n) is 11.6. The van der Waals surface area contributed by atoms with Crippen LogP contribution >= 0.6 is 39.1 Å². The van der Waals surface area contributed by atoms with Gasteiger partial charge in [0.2, 0.25) is 0 Å². The fourth-order valence-corrected chi connectivity index (χ4v) is 2.62. The summed E-state index contributed by atoms with van der Waals surface area (Å²) >= 11 is 15.8. The van der Waals surface area contributed by atoms with Gasteiger partial charge in [0, 0.05) is 19.2 Å². The van der Waals surface area contributed by atoms with Crippen LogP contribution in [0.2, 0.25) is 10.0 Å². The Morgan fingerprint density at radius 3 is 2.71 bits per heavy atom. The minimum Gasteiger partial charge on any atom is -0.378 e. The molecule has 0 saturated carbocycles. The van der Waals surface area contributed by atoms with E-state index in [0.717, 1.165) is 16.7 Å². The highest BCUT2D eigenvalue weighted by Gasteiger charge is 2.16. The first-order valence-electron chi connectivity index (χ1n) is 6.32. The van der Waals surface area contributed by atoms with Crippen LogP contribution in [-0.2, 0) is 11.3 Å². The van der Waals surface area contributed by atoms with Crippen molar-refractivity contribution in [3.63, 3.8) is 0 Å². The van der Waals surface area contributed by atoms with Gasteiger partial charge in [0.25, 0.3) is 0 Å². The summed E-state index contributed by atoms with van der Waals surface area (Å²) in [5.74, 6) is 1.21. The van der Waals surface area contributed by atoms with Crippen LogP contribution < -0.4 is 5.32 Å². The van der Waals surface area contributed by atoms with Crippen LogP contribution in [0.15, 0.2) is 22.7 Å². The lowest BCUT2D eigenvalue weighted by molar-refractivity contribution is 0.181. The molecule has 0 aliphatic rings. The first-order valence-corrected chi connectivity index (χ1v) is 7.87. The van der Waals surface area contributed by atoms with Crippen molar-refractivity contribution >= 4 is 44.9 Å². The maximum Gasteiger partial charge on any atom is 0.163 e. The molecule has 0 aliphatic carbocycles. The predicted molar refractivity (Wildman–Crippen MR) is 90.1 cm³/mol. The second kappa shape index (κ2) is 7.40. The van der Waals surface area contributed by atoms with Crippen molar-refractivity contribution in [2.75, 3.05) is 19.0 Å². The van der Waals surface area contributed by atoms with Gasteiger partial charge >= 0.3 is 0 Å². The Balaban J connectivity index is 2.60. The molecule has 0 atom stereocenters. The zero-order valence-corrected chi connectivity index (χ0v) is 14.7. The second-order valence-electron chi connectivity index (χ2n) is 4.22. The lowest BCUT2D eigenvalue weighted by Crippen LogP contribution is -2.07. The Morgan fingerprint density at radius 1 is 1.29 bits per heavy atom. The molecule has 1 aromatic carbocycles. The molecule has 112 valence electrons. The number of nitrogens with one attached hydrogen (secondary N) is 1. The van der Waals surface area contributed by atoms with E-state index in [9.17, 15) is 0 Å². The molecule has 2 rings (SSSR count). The summed E-state index contributed by atoms with van der Waals surface area (Å²) in [6.45, 7) is 3.11. The number of ether oxygens (including phenoxy) is 1. The molecule has 0 bridgehead atoms. The number of hydrogen-bond acceptors (Lipinski definition) is 4. The number of anilines is 1. The van der Waals surface area contributed by atoms with Crippen molar-refractivity contribution < 1.29 is 4.74 Å². The normalized spacial score (nSPS) is 10.7. The average Bonchev–Trinajstić information content (AvgIpc) is 2.46. The quantitative estimate of drug-likeness (QED) is 0.797. The zero-order chi connectivity index (χ0) is 15.4. The highest BCUT2D eigenvalue weighted by Crippen LogP contribution is 2.34. The van der Waals surface area contributed by atoms with Gasteiger partial charge in [0.05, 0.1) is 26.8 Å². The summed E-state index contributed by atoms with van der Waals surface area (Å²) in [6, 6.07) is 5.38. The van der Waals surface area contributed by atoms with Gasteiger partial charge in [-0.3, -0.25) is 0 Å². The molecule has 2 aromatic rings. The topological polar surface area (TPSA) is 47.0 Å². The van der Waals surface area contributed by atoms with E-state index in [4.69, 9.17) is 27.9 Å². The largest absolute Gasteiger partial charge is 0.378 e. The first kappa shape index (κ1) is 16.5. The van der Waals surface area contributed by atoms with Crippen LogP contribution in [0.25, 0.3) is 11.4 Å². The van der Waals surface area contributed by atoms with Crippen LogP contribution in [0.3, 0.4) is 0 Å². The van der Waals surface area contributed by atoms with Gasteiger partial charge in [-0.2, -0.15) is 0 Å². The minimum atomic E-state index is 0.368. The molecule has 1 heterocycles. The predicted octanol–water partition coefficient (Wildman–Crippen LogP) is 4.79. The Labute approximate surface area is 142 Å². The maximum absolute atomic E-state index is 6.25. The van der Waals surface area contributed by atoms with E-state index in [2.05, 4.69) is 31.2 Å². The number of benzene rings is 1. The Morgan fingerprint density at radius 2 is 2.05 bits per heavy atom. The standard InChI is InChI=1S/C14H14BrCl2N3O/c1-3-18-14-11(15)10(7-21-2)19-13(20-14)8-5-4-6-9(16)12(8)17/h4-6H,3,7H2,1-2H3,(H,18,19,20). The lowest BCUT2D eigenvalue weighted by Gasteiger charge is -2.13. The van der Waals surface area contributed by atoms with Crippen molar-refractivity contribution in [1.82, 2.24) is 9.97 Å². The fourth-order valence-electron chi connectivity index (χ4n) is 1.81. The number of hydrogen-bond donors (Lipinski definition) is 1. The molecule has 0 radical (unpaired) electrons. The van der Waals surface area contributed by atoms with Gasteiger partial charge in [0.15, 0.2) is 5.82 Å². The second-order valence-corrected chi connectivity index (χ2v) is 5.80. The number of halogens is 3. The maximum atomic E-state index is 6.25. The Bertz CT molecular complexity index is 625. The fraction of sp³-hybridized carbons (Fsp3) is 0.286. The van der Waals surface area contributed by atoms with Crippen molar-refractivity contribution in [1.29, 1.82) is 0 Å². The lowest BCUT2D eigenvalue weighted by atomic mass is 10.2. The third-order valence-corrected chi connectivity index (χ3v) is 4.39. The third kappa shape index (κ3) is 3.66. The van der Waals surface area contributed by atoms with Crippen LogP contribution in [0.1, 0.15) is 12.6 Å². The molecule has 0 amide bonds. The smallest absolute Gasteiger partial charge is 0.163 e. The van der Waals surface area contributed by atoms with E-state index < -0.39 is 0 Å². The molecular formula is C14H14BrCl2N3O. The van der Waals surface area contributed by atoms with Gasteiger partial charge in [-0.1, -0.05) is 29.3 Å². The van der Waals surface area contributed by atoms with E-state index in [0.29, 0.717) is 33.9 Å². The van der Waals surface area contributed by atoms with Gasteiger partial charge < -0.3 is 10.1 Å². The molecule has 4 nitrogen and oxygen atoms in total. The van der Waals surface area contributed by atoms with Crippen molar-refractivity contribution in [2.45, 2.75) is 13.5 Å². The van der Waals surface area contributed by atoms with Crippen molar-refractivity contribution in [3.05, 3.63) is 38.4 Å². The summed E-state index contributed by atoms with van der Waals surface area (Å²) in [7, 11) is 1.62. The van der Waals surface area contributed by atoms with Crippen LogP contribution in [0, 0.1) is 0 Å². The van der Waals surface area contributed by atoms with Crippen molar-refractivity contribution in [2.24, 2.45) is 0 Å². The van der Waals surface area contributed by atoms with Gasteiger partial charge in [-0.15, -0.1) is 0 Å². The summed E-state index contributed by atoms with van der Waals surface area (Å²) < 4.78 is 5.96. The molecule has 0 saturated heterocycles. The highest BCUT2D eigenvalue weighted by molar-refractivity contribution is 9.10. The van der Waals surface area contributed by atoms with Gasteiger partial charge in [0.1, 0.15) is 5.82 Å². The highest BCUT2D eigenvalue weighted by atomic mass is 79.9. The molecule has 7 heteroatoms. The van der Waals surface area contributed by atoms with E-state index in [1.165, 1.54) is 0 Å². The third-order valence-electron chi connectivity index (χ3n) is 2.74. The minimum absolute atomic E-state index is 0.368. The molecule has 0 fully saturated rings. The molecule has 0 unspecified atom stereocenters. The van der Waals surface area contributed by atoms with E-state index >= 15 is 0 Å². The van der Waals surface area contributed by atoms with Gasteiger partial charge in [-0.05, 0) is 35.0 Å². The summed E-state index contributed by atoms with van der Waals surface area (Å²) in [6.07, 6.45) is 0. The van der Waals surface area contributed by atoms with Crippen LogP contribution in [-0.4, -0.2) is 23.6 Å². The molecule has 0 spiro atoms. The molecule has 1 N–H and O–H groups in total. The summed E-state index contributed by atoms with van der Waals surface area (Å²) in [4.78, 5) is 9.02. The monoisotopic (exact) mass is 389 g/mol. The molecule has 0 aliphatic heterocycles. The molecule has 1 aromatic heterocycles. The SMILES string of the molecule is CCNc1nc(-c2cccc(Cl)c2Cl)nc(COC)c1Br. The van der Waals surface area contributed by atoms with Crippen molar-refractivity contribution in [3.8, 4) is 11.4 Å². The average molecular weight is 391 g/mol.